The molecular formula is C11H22N2OS. The lowest BCUT2D eigenvalue weighted by Crippen LogP contribution is -2.52. The molecule has 0 aromatic heterocycles. The van der Waals surface area contributed by atoms with Crippen molar-refractivity contribution in [3.8, 4) is 0 Å². The Morgan fingerprint density at radius 1 is 1.60 bits per heavy atom. The first-order valence-corrected chi connectivity index (χ1v) is 7.04. The van der Waals surface area contributed by atoms with Crippen LogP contribution in [0, 0.1) is 5.41 Å². The van der Waals surface area contributed by atoms with Gasteiger partial charge in [-0.15, -0.1) is 0 Å². The summed E-state index contributed by atoms with van der Waals surface area (Å²) in [4.78, 5) is 12.0. The van der Waals surface area contributed by atoms with Gasteiger partial charge in [0.05, 0.1) is 5.41 Å². The second kappa shape index (κ2) is 5.75. The molecule has 0 radical (unpaired) electrons. The monoisotopic (exact) mass is 230 g/mol. The summed E-state index contributed by atoms with van der Waals surface area (Å²) < 4.78 is 0. The van der Waals surface area contributed by atoms with Crippen molar-refractivity contribution in [2.24, 2.45) is 11.1 Å². The van der Waals surface area contributed by atoms with Crippen LogP contribution in [-0.4, -0.2) is 30.5 Å². The number of nitrogens with two attached hydrogens (primary N) is 1. The second-order valence-electron chi connectivity index (χ2n) is 4.49. The molecule has 3 N–H and O–H groups in total. The number of hydrogen-bond donors (Lipinski definition) is 2. The van der Waals surface area contributed by atoms with Gasteiger partial charge >= 0.3 is 0 Å². The van der Waals surface area contributed by atoms with Crippen molar-refractivity contribution in [1.82, 2.24) is 5.32 Å². The van der Waals surface area contributed by atoms with Gasteiger partial charge < -0.3 is 11.1 Å². The number of carbonyl (C=O) groups excluding carboxylic acids is 1. The minimum Gasteiger partial charge on any atom is -0.353 e. The van der Waals surface area contributed by atoms with Gasteiger partial charge in [0, 0.05) is 12.6 Å². The molecule has 1 rings (SSSR count). The Hall–Kier alpha value is -0.220. The van der Waals surface area contributed by atoms with E-state index in [0.717, 1.165) is 31.4 Å². The summed E-state index contributed by atoms with van der Waals surface area (Å²) in [6.45, 7) is 2.56. The molecule has 1 saturated carbocycles. The molecule has 1 aliphatic rings. The van der Waals surface area contributed by atoms with E-state index in [0.29, 0.717) is 6.54 Å². The number of amides is 1. The molecule has 0 aromatic rings. The highest BCUT2D eigenvalue weighted by Gasteiger charge is 2.42. The highest BCUT2D eigenvalue weighted by atomic mass is 32.2. The smallest absolute Gasteiger partial charge is 0.227 e. The van der Waals surface area contributed by atoms with Crippen LogP contribution in [0.15, 0.2) is 0 Å². The zero-order chi connectivity index (χ0) is 11.3. The van der Waals surface area contributed by atoms with Crippen LogP contribution in [0.3, 0.4) is 0 Å². The van der Waals surface area contributed by atoms with E-state index in [4.69, 9.17) is 5.73 Å². The molecule has 1 unspecified atom stereocenters. The molecule has 15 heavy (non-hydrogen) atoms. The molecule has 0 bridgehead atoms. The summed E-state index contributed by atoms with van der Waals surface area (Å²) in [6, 6.07) is 0.272. The lowest BCUT2D eigenvalue weighted by Gasteiger charge is -2.39. The largest absolute Gasteiger partial charge is 0.353 e. The van der Waals surface area contributed by atoms with Crippen molar-refractivity contribution < 1.29 is 4.79 Å². The van der Waals surface area contributed by atoms with Crippen LogP contribution in [0.4, 0.5) is 0 Å². The first-order chi connectivity index (χ1) is 7.14. The molecule has 0 saturated heterocycles. The van der Waals surface area contributed by atoms with Gasteiger partial charge in [0.1, 0.15) is 0 Å². The molecule has 1 amide bonds. The van der Waals surface area contributed by atoms with Crippen molar-refractivity contribution in [2.45, 2.75) is 38.6 Å². The number of carbonyl (C=O) groups is 1. The van der Waals surface area contributed by atoms with Gasteiger partial charge in [0.25, 0.3) is 0 Å². The third-order valence-electron chi connectivity index (χ3n) is 3.32. The number of rotatable bonds is 6. The lowest BCUT2D eigenvalue weighted by molar-refractivity contribution is -0.135. The van der Waals surface area contributed by atoms with Gasteiger partial charge in [0.2, 0.25) is 5.91 Å². The lowest BCUT2D eigenvalue weighted by atomic mass is 9.68. The number of hydrogen-bond acceptors (Lipinski definition) is 3. The zero-order valence-electron chi connectivity index (χ0n) is 9.71. The number of thioether (sulfide) groups is 1. The normalized spacial score (nSPS) is 20.5. The molecule has 0 spiro atoms. The molecule has 0 aliphatic heterocycles. The van der Waals surface area contributed by atoms with Crippen LogP contribution < -0.4 is 11.1 Å². The fraction of sp³-hybridized carbons (Fsp3) is 0.909. The Kier molecular flexibility index (Phi) is 4.93. The summed E-state index contributed by atoms with van der Waals surface area (Å²) in [5, 5.41) is 3.08. The van der Waals surface area contributed by atoms with E-state index >= 15 is 0 Å². The van der Waals surface area contributed by atoms with Gasteiger partial charge in [-0.1, -0.05) is 6.42 Å². The van der Waals surface area contributed by atoms with Gasteiger partial charge in [-0.05, 0) is 38.2 Å². The maximum Gasteiger partial charge on any atom is 0.227 e. The summed E-state index contributed by atoms with van der Waals surface area (Å²) in [6.07, 6.45) is 6.19. The van der Waals surface area contributed by atoms with E-state index in [9.17, 15) is 4.79 Å². The van der Waals surface area contributed by atoms with E-state index in [-0.39, 0.29) is 17.4 Å². The molecule has 1 aliphatic carbocycles. The van der Waals surface area contributed by atoms with Gasteiger partial charge in [-0.3, -0.25) is 4.79 Å². The van der Waals surface area contributed by atoms with Gasteiger partial charge in [0.15, 0.2) is 0 Å². The minimum absolute atomic E-state index is 0.171. The fourth-order valence-corrected chi connectivity index (χ4v) is 2.46. The average molecular weight is 230 g/mol. The topological polar surface area (TPSA) is 55.1 Å². The van der Waals surface area contributed by atoms with Crippen molar-refractivity contribution in [3.05, 3.63) is 0 Å². The molecule has 0 heterocycles. The SMILES string of the molecule is CSCCC(C)NC(=O)C1(CN)CCC1. The maximum atomic E-state index is 12.0. The highest BCUT2D eigenvalue weighted by Crippen LogP contribution is 2.40. The molecule has 3 nitrogen and oxygen atoms in total. The predicted molar refractivity (Wildman–Crippen MR) is 65.9 cm³/mol. The van der Waals surface area contributed by atoms with Crippen molar-refractivity contribution in [3.63, 3.8) is 0 Å². The summed E-state index contributed by atoms with van der Waals surface area (Å²) >= 11 is 1.81. The molecule has 4 heteroatoms. The van der Waals surface area contributed by atoms with Crippen LogP contribution in [0.5, 0.6) is 0 Å². The maximum absolute atomic E-state index is 12.0. The van der Waals surface area contributed by atoms with Crippen LogP contribution >= 0.6 is 11.8 Å². The number of nitrogens with one attached hydrogen (secondary N) is 1. The third kappa shape index (κ3) is 3.11. The molecule has 1 fully saturated rings. The van der Waals surface area contributed by atoms with Crippen LogP contribution in [0.1, 0.15) is 32.6 Å². The Bertz CT molecular complexity index is 211. The van der Waals surface area contributed by atoms with E-state index in [1.54, 1.807) is 0 Å². The van der Waals surface area contributed by atoms with E-state index < -0.39 is 0 Å². The van der Waals surface area contributed by atoms with Gasteiger partial charge in [-0.25, -0.2) is 0 Å². The quantitative estimate of drug-likeness (QED) is 0.724. The van der Waals surface area contributed by atoms with Crippen LogP contribution in [0.25, 0.3) is 0 Å². The molecule has 1 atom stereocenters. The van der Waals surface area contributed by atoms with Gasteiger partial charge in [-0.2, -0.15) is 11.8 Å². The second-order valence-corrected chi connectivity index (χ2v) is 5.48. The summed E-state index contributed by atoms with van der Waals surface area (Å²) in [5.41, 5.74) is 5.45. The predicted octanol–water partition coefficient (Wildman–Crippen LogP) is 1.37. The minimum atomic E-state index is -0.229. The summed E-state index contributed by atoms with van der Waals surface area (Å²) in [5.74, 6) is 1.27. The zero-order valence-corrected chi connectivity index (χ0v) is 10.5. The standard InChI is InChI=1S/C11H22N2OS/c1-9(4-7-15-2)13-10(14)11(8-12)5-3-6-11/h9H,3-8,12H2,1-2H3,(H,13,14). The summed E-state index contributed by atoms with van der Waals surface area (Å²) in [7, 11) is 0. The Labute approximate surface area is 96.6 Å². The average Bonchev–Trinajstić information content (AvgIpc) is 2.13. The fourth-order valence-electron chi connectivity index (χ4n) is 1.87. The Morgan fingerprint density at radius 2 is 2.27 bits per heavy atom. The molecule has 88 valence electrons. The Balaban J connectivity index is 2.34. The highest BCUT2D eigenvalue weighted by molar-refractivity contribution is 7.98. The van der Waals surface area contributed by atoms with E-state index in [1.807, 2.05) is 11.8 Å². The van der Waals surface area contributed by atoms with E-state index in [1.165, 1.54) is 0 Å². The van der Waals surface area contributed by atoms with Crippen molar-refractivity contribution in [1.29, 1.82) is 0 Å². The molecular weight excluding hydrogens is 208 g/mol. The first-order valence-electron chi connectivity index (χ1n) is 5.64. The van der Waals surface area contributed by atoms with Crippen LogP contribution in [-0.2, 0) is 4.79 Å². The third-order valence-corrected chi connectivity index (χ3v) is 3.96. The van der Waals surface area contributed by atoms with E-state index in [2.05, 4.69) is 18.5 Å². The molecule has 0 aromatic carbocycles. The van der Waals surface area contributed by atoms with Crippen molar-refractivity contribution in [2.75, 3.05) is 18.6 Å². The van der Waals surface area contributed by atoms with Crippen molar-refractivity contribution >= 4 is 17.7 Å². The Morgan fingerprint density at radius 3 is 2.67 bits per heavy atom. The van der Waals surface area contributed by atoms with Crippen LogP contribution in [0.2, 0.25) is 0 Å². The first kappa shape index (κ1) is 12.8.